The molecule has 1 aliphatic heterocycles. The molecule has 0 saturated heterocycles. The van der Waals surface area contributed by atoms with Crippen LogP contribution in [0.15, 0.2) is 35.6 Å². The minimum atomic E-state index is -0.731. The summed E-state index contributed by atoms with van der Waals surface area (Å²) in [6.07, 6.45) is 5.19. The molecule has 0 spiro atoms. The third-order valence-corrected chi connectivity index (χ3v) is 5.63. The van der Waals surface area contributed by atoms with Crippen molar-refractivity contribution in [2.24, 2.45) is 0 Å². The van der Waals surface area contributed by atoms with Gasteiger partial charge in [-0.3, -0.25) is 19.7 Å². The first kappa shape index (κ1) is 24.5. The summed E-state index contributed by atoms with van der Waals surface area (Å²) in [4.78, 5) is 39.3. The van der Waals surface area contributed by atoms with Gasteiger partial charge in [-0.1, -0.05) is 26.7 Å². The standard InChI is InChI=1S/C23H33N3O5/c1-4-6-13-24(14-7-5-2)15-8-16-25-21(20(17(3)27)22(28)23(25)29)18-9-11-19(12-10-18)26(30)31/h9-12,21,28H,4-8,13-16H2,1-3H3. The first-order valence-electron chi connectivity index (χ1n) is 11.0. The van der Waals surface area contributed by atoms with Crippen molar-refractivity contribution in [2.75, 3.05) is 26.2 Å². The summed E-state index contributed by atoms with van der Waals surface area (Å²) >= 11 is 0. The highest BCUT2D eigenvalue weighted by Crippen LogP contribution is 2.38. The first-order chi connectivity index (χ1) is 14.8. The number of nitro benzene ring substituents is 1. The number of nitrogens with zero attached hydrogens (tertiary/aromatic N) is 3. The molecule has 1 atom stereocenters. The number of benzene rings is 1. The Bertz CT molecular complexity index is 811. The Hall–Kier alpha value is -2.74. The Morgan fingerprint density at radius 1 is 1.10 bits per heavy atom. The molecule has 1 amide bonds. The smallest absolute Gasteiger partial charge is 0.290 e. The van der Waals surface area contributed by atoms with Gasteiger partial charge in [0.25, 0.3) is 11.6 Å². The zero-order valence-electron chi connectivity index (χ0n) is 18.7. The largest absolute Gasteiger partial charge is 0.503 e. The maximum atomic E-state index is 12.7. The number of rotatable bonds is 13. The van der Waals surface area contributed by atoms with E-state index in [1.54, 1.807) is 12.1 Å². The van der Waals surface area contributed by atoms with Gasteiger partial charge >= 0.3 is 0 Å². The molecular formula is C23H33N3O5. The molecule has 0 saturated carbocycles. The molecule has 8 heteroatoms. The number of unbranched alkanes of at least 4 members (excludes halogenated alkanes) is 2. The monoisotopic (exact) mass is 431 g/mol. The molecule has 170 valence electrons. The van der Waals surface area contributed by atoms with Crippen molar-refractivity contribution in [3.05, 3.63) is 51.3 Å². The summed E-state index contributed by atoms with van der Waals surface area (Å²) in [6.45, 7) is 8.87. The third-order valence-electron chi connectivity index (χ3n) is 5.63. The SMILES string of the molecule is CCCCN(CCCC)CCCN1C(=O)C(O)=C(C(C)=O)C1c1ccc([N+](=O)[O-])cc1. The molecule has 0 bridgehead atoms. The number of ketones is 1. The van der Waals surface area contributed by atoms with Crippen molar-refractivity contribution in [3.8, 4) is 0 Å². The fourth-order valence-corrected chi connectivity index (χ4v) is 3.93. The molecule has 8 nitrogen and oxygen atoms in total. The van der Waals surface area contributed by atoms with E-state index in [2.05, 4.69) is 18.7 Å². The average molecular weight is 432 g/mol. The summed E-state index contributed by atoms with van der Waals surface area (Å²) in [5, 5.41) is 21.3. The van der Waals surface area contributed by atoms with Crippen LogP contribution in [0.2, 0.25) is 0 Å². The fraction of sp³-hybridized carbons (Fsp3) is 0.565. The molecule has 2 rings (SSSR count). The van der Waals surface area contributed by atoms with Crippen LogP contribution in [-0.2, 0) is 9.59 Å². The molecule has 31 heavy (non-hydrogen) atoms. The number of carbonyl (C=O) groups is 2. The topological polar surface area (TPSA) is 104 Å². The maximum absolute atomic E-state index is 12.7. The molecule has 0 radical (unpaired) electrons. The highest BCUT2D eigenvalue weighted by atomic mass is 16.6. The van der Waals surface area contributed by atoms with Crippen LogP contribution in [0.3, 0.4) is 0 Å². The second kappa shape index (κ2) is 11.6. The van der Waals surface area contributed by atoms with Crippen LogP contribution >= 0.6 is 0 Å². The van der Waals surface area contributed by atoms with Gasteiger partial charge in [-0.2, -0.15) is 0 Å². The molecule has 1 N–H and O–H groups in total. The van der Waals surface area contributed by atoms with E-state index in [1.165, 1.54) is 24.0 Å². The van der Waals surface area contributed by atoms with Crippen LogP contribution < -0.4 is 0 Å². The van der Waals surface area contributed by atoms with Crippen molar-refractivity contribution >= 4 is 17.4 Å². The molecule has 0 aliphatic carbocycles. The molecule has 1 heterocycles. The lowest BCUT2D eigenvalue weighted by molar-refractivity contribution is -0.384. The van der Waals surface area contributed by atoms with Crippen LogP contribution in [-0.4, -0.2) is 57.7 Å². The summed E-state index contributed by atoms with van der Waals surface area (Å²) in [5.74, 6) is -1.48. The normalized spacial score (nSPS) is 16.5. The van der Waals surface area contributed by atoms with Gasteiger partial charge in [0, 0.05) is 18.7 Å². The van der Waals surface area contributed by atoms with Crippen LogP contribution in [0.25, 0.3) is 0 Å². The Kier molecular flexibility index (Phi) is 9.18. The lowest BCUT2D eigenvalue weighted by Crippen LogP contribution is -2.35. The van der Waals surface area contributed by atoms with Crippen molar-refractivity contribution in [1.82, 2.24) is 9.80 Å². The van der Waals surface area contributed by atoms with Gasteiger partial charge in [0.2, 0.25) is 0 Å². The molecule has 1 aromatic carbocycles. The fourth-order valence-electron chi connectivity index (χ4n) is 3.93. The van der Waals surface area contributed by atoms with Gasteiger partial charge in [-0.05, 0) is 63.5 Å². The number of nitro groups is 1. The number of hydrogen-bond donors (Lipinski definition) is 1. The van der Waals surface area contributed by atoms with E-state index in [9.17, 15) is 24.8 Å². The third kappa shape index (κ3) is 6.13. The maximum Gasteiger partial charge on any atom is 0.290 e. The van der Waals surface area contributed by atoms with Gasteiger partial charge in [-0.25, -0.2) is 0 Å². The van der Waals surface area contributed by atoms with Gasteiger partial charge in [0.05, 0.1) is 16.5 Å². The summed E-state index contributed by atoms with van der Waals surface area (Å²) in [6, 6.07) is 5.05. The zero-order valence-corrected chi connectivity index (χ0v) is 18.7. The van der Waals surface area contributed by atoms with E-state index in [0.717, 1.165) is 45.3 Å². The lowest BCUT2D eigenvalue weighted by atomic mass is 9.96. The van der Waals surface area contributed by atoms with Gasteiger partial charge < -0.3 is 14.9 Å². The predicted molar refractivity (Wildman–Crippen MR) is 119 cm³/mol. The number of aliphatic hydroxyl groups excluding tert-OH is 1. The number of amides is 1. The Morgan fingerprint density at radius 2 is 1.65 bits per heavy atom. The molecule has 1 aromatic rings. The van der Waals surface area contributed by atoms with E-state index in [-0.39, 0.29) is 17.0 Å². The van der Waals surface area contributed by atoms with Gasteiger partial charge in [0.1, 0.15) is 0 Å². The van der Waals surface area contributed by atoms with E-state index >= 15 is 0 Å². The van der Waals surface area contributed by atoms with Crippen molar-refractivity contribution in [2.45, 2.75) is 58.9 Å². The van der Waals surface area contributed by atoms with Crippen molar-refractivity contribution < 1.29 is 19.6 Å². The number of Topliss-reactive ketones (excluding diaryl/α,β-unsaturated/α-hetero) is 1. The van der Waals surface area contributed by atoms with Crippen molar-refractivity contribution in [3.63, 3.8) is 0 Å². The number of non-ortho nitro benzene ring substituents is 1. The molecule has 1 unspecified atom stereocenters. The van der Waals surface area contributed by atoms with E-state index < -0.39 is 22.6 Å². The Labute approximate surface area is 183 Å². The van der Waals surface area contributed by atoms with Gasteiger partial charge in [0.15, 0.2) is 11.5 Å². The number of hydrogen-bond acceptors (Lipinski definition) is 6. The number of aliphatic hydroxyl groups is 1. The summed E-state index contributed by atoms with van der Waals surface area (Å²) in [7, 11) is 0. The number of carbonyl (C=O) groups excluding carboxylic acids is 2. The van der Waals surface area contributed by atoms with Crippen LogP contribution in [0.1, 0.15) is 64.5 Å². The van der Waals surface area contributed by atoms with Gasteiger partial charge in [-0.15, -0.1) is 0 Å². The summed E-state index contributed by atoms with van der Waals surface area (Å²) < 4.78 is 0. The second-order valence-corrected chi connectivity index (χ2v) is 7.97. The Balaban J connectivity index is 2.18. The van der Waals surface area contributed by atoms with E-state index in [1.807, 2.05) is 0 Å². The zero-order chi connectivity index (χ0) is 23.0. The van der Waals surface area contributed by atoms with Crippen molar-refractivity contribution in [1.29, 1.82) is 0 Å². The highest BCUT2D eigenvalue weighted by Gasteiger charge is 2.42. The average Bonchev–Trinajstić information content (AvgIpc) is 3.00. The van der Waals surface area contributed by atoms with Crippen LogP contribution in [0, 0.1) is 10.1 Å². The summed E-state index contributed by atoms with van der Waals surface area (Å²) in [5.41, 5.74) is 0.550. The predicted octanol–water partition coefficient (Wildman–Crippen LogP) is 4.17. The first-order valence-corrected chi connectivity index (χ1v) is 11.0. The Morgan fingerprint density at radius 3 is 2.13 bits per heavy atom. The molecule has 1 aliphatic rings. The van der Waals surface area contributed by atoms with Crippen LogP contribution in [0.5, 0.6) is 0 Å². The molecule has 0 aromatic heterocycles. The lowest BCUT2D eigenvalue weighted by Gasteiger charge is -2.28. The van der Waals surface area contributed by atoms with Crippen LogP contribution in [0.4, 0.5) is 5.69 Å². The second-order valence-electron chi connectivity index (χ2n) is 7.97. The molecule has 0 fully saturated rings. The highest BCUT2D eigenvalue weighted by molar-refractivity contribution is 6.08. The van der Waals surface area contributed by atoms with E-state index in [4.69, 9.17) is 0 Å². The molecular weight excluding hydrogens is 398 g/mol. The van der Waals surface area contributed by atoms with E-state index in [0.29, 0.717) is 18.5 Å². The quantitative estimate of drug-likeness (QED) is 0.371. The minimum absolute atomic E-state index is 0.0488. The minimum Gasteiger partial charge on any atom is -0.503 e.